The Balaban J connectivity index is 2.15. The first-order valence-corrected chi connectivity index (χ1v) is 8.54. The lowest BCUT2D eigenvalue weighted by molar-refractivity contribution is 0.581. The molecular formula is C16H22N2O2S. The standard InChI is InChI=1S/C16H22N2O2S/c1-5-14-6-8-16(9-7-14)21(19,20)17-11-15-10-12(2)18(4)13(15)3/h6-10,17H,5,11H2,1-4H3. The van der Waals surface area contributed by atoms with E-state index in [1.165, 1.54) is 0 Å². The van der Waals surface area contributed by atoms with E-state index in [0.29, 0.717) is 11.4 Å². The Morgan fingerprint density at radius 3 is 2.24 bits per heavy atom. The highest BCUT2D eigenvalue weighted by Crippen LogP contribution is 2.15. The second-order valence-corrected chi connectivity index (χ2v) is 7.04. The van der Waals surface area contributed by atoms with Crippen LogP contribution < -0.4 is 4.72 Å². The molecule has 0 atom stereocenters. The first kappa shape index (κ1) is 15.8. The van der Waals surface area contributed by atoms with Crippen LogP contribution in [0.15, 0.2) is 35.2 Å². The number of hydrogen-bond acceptors (Lipinski definition) is 2. The predicted molar refractivity (Wildman–Crippen MR) is 84.7 cm³/mol. The largest absolute Gasteiger partial charge is 0.352 e. The van der Waals surface area contributed by atoms with Gasteiger partial charge in [0, 0.05) is 25.0 Å². The Labute approximate surface area is 126 Å². The van der Waals surface area contributed by atoms with Gasteiger partial charge in [-0.2, -0.15) is 0 Å². The Hall–Kier alpha value is -1.59. The molecule has 1 N–H and O–H groups in total. The van der Waals surface area contributed by atoms with E-state index in [9.17, 15) is 8.42 Å². The molecule has 4 nitrogen and oxygen atoms in total. The maximum absolute atomic E-state index is 12.3. The monoisotopic (exact) mass is 306 g/mol. The number of aromatic nitrogens is 1. The summed E-state index contributed by atoms with van der Waals surface area (Å²) in [5, 5.41) is 0. The number of aryl methyl sites for hydroxylation is 2. The van der Waals surface area contributed by atoms with Crippen LogP contribution in [0, 0.1) is 13.8 Å². The Kier molecular flexibility index (Phi) is 4.54. The zero-order chi connectivity index (χ0) is 15.6. The Bertz CT molecular complexity index is 728. The molecule has 21 heavy (non-hydrogen) atoms. The van der Waals surface area contributed by atoms with Crippen LogP contribution in [-0.2, 0) is 30.0 Å². The van der Waals surface area contributed by atoms with E-state index >= 15 is 0 Å². The van der Waals surface area contributed by atoms with Gasteiger partial charge < -0.3 is 4.57 Å². The fourth-order valence-electron chi connectivity index (χ4n) is 2.27. The number of sulfonamides is 1. The summed E-state index contributed by atoms with van der Waals surface area (Å²) in [6.07, 6.45) is 0.899. The van der Waals surface area contributed by atoms with E-state index in [0.717, 1.165) is 28.9 Å². The highest BCUT2D eigenvalue weighted by Gasteiger charge is 2.15. The molecule has 1 aromatic carbocycles. The maximum Gasteiger partial charge on any atom is 0.240 e. The molecule has 0 aliphatic heterocycles. The van der Waals surface area contributed by atoms with E-state index < -0.39 is 10.0 Å². The van der Waals surface area contributed by atoms with Crippen LogP contribution >= 0.6 is 0 Å². The van der Waals surface area contributed by atoms with Crippen molar-refractivity contribution >= 4 is 10.0 Å². The zero-order valence-corrected chi connectivity index (χ0v) is 13.8. The fourth-order valence-corrected chi connectivity index (χ4v) is 3.28. The quantitative estimate of drug-likeness (QED) is 0.923. The zero-order valence-electron chi connectivity index (χ0n) is 13.0. The molecule has 5 heteroatoms. The molecule has 0 spiro atoms. The van der Waals surface area contributed by atoms with Gasteiger partial charge in [0.15, 0.2) is 0 Å². The van der Waals surface area contributed by atoms with Crippen LogP contribution in [0.3, 0.4) is 0 Å². The van der Waals surface area contributed by atoms with Crippen molar-refractivity contribution in [3.05, 3.63) is 52.8 Å². The van der Waals surface area contributed by atoms with Crippen LogP contribution in [0.5, 0.6) is 0 Å². The van der Waals surface area contributed by atoms with E-state index in [2.05, 4.69) is 9.29 Å². The minimum Gasteiger partial charge on any atom is -0.352 e. The molecule has 0 saturated carbocycles. The molecule has 0 aliphatic carbocycles. The average Bonchev–Trinajstić information content (AvgIpc) is 2.72. The van der Waals surface area contributed by atoms with Crippen LogP contribution in [0.2, 0.25) is 0 Å². The highest BCUT2D eigenvalue weighted by molar-refractivity contribution is 7.89. The predicted octanol–water partition coefficient (Wildman–Crippen LogP) is 2.68. The fraction of sp³-hybridized carbons (Fsp3) is 0.375. The normalized spacial score (nSPS) is 11.8. The first-order valence-electron chi connectivity index (χ1n) is 7.05. The van der Waals surface area contributed by atoms with Gasteiger partial charge in [-0.05, 0) is 49.6 Å². The van der Waals surface area contributed by atoms with Crippen LogP contribution in [0.25, 0.3) is 0 Å². The molecule has 0 aliphatic rings. The molecule has 0 unspecified atom stereocenters. The van der Waals surface area contributed by atoms with Crippen LogP contribution in [0.4, 0.5) is 0 Å². The van der Waals surface area contributed by atoms with Crippen molar-refractivity contribution in [3.8, 4) is 0 Å². The summed E-state index contributed by atoms with van der Waals surface area (Å²) in [6.45, 7) is 6.36. The first-order chi connectivity index (χ1) is 9.85. The number of rotatable bonds is 5. The van der Waals surface area contributed by atoms with E-state index in [1.807, 2.05) is 46.0 Å². The van der Waals surface area contributed by atoms with Crippen molar-refractivity contribution in [2.45, 2.75) is 38.6 Å². The lowest BCUT2D eigenvalue weighted by Gasteiger charge is -2.08. The third-order valence-electron chi connectivity index (χ3n) is 3.97. The molecule has 2 rings (SSSR count). The van der Waals surface area contributed by atoms with E-state index in [-0.39, 0.29) is 0 Å². The van der Waals surface area contributed by atoms with Crippen LogP contribution in [0.1, 0.15) is 29.4 Å². The van der Waals surface area contributed by atoms with Crippen molar-refractivity contribution < 1.29 is 8.42 Å². The summed E-state index contributed by atoms with van der Waals surface area (Å²) in [7, 11) is -1.48. The topological polar surface area (TPSA) is 51.1 Å². The summed E-state index contributed by atoms with van der Waals surface area (Å²) >= 11 is 0. The van der Waals surface area contributed by atoms with Gasteiger partial charge in [0.25, 0.3) is 0 Å². The minimum atomic E-state index is -3.46. The molecule has 2 aromatic rings. The number of nitrogens with zero attached hydrogens (tertiary/aromatic N) is 1. The van der Waals surface area contributed by atoms with Gasteiger partial charge in [-0.1, -0.05) is 19.1 Å². The Morgan fingerprint density at radius 2 is 1.76 bits per heavy atom. The molecule has 0 amide bonds. The molecule has 1 aromatic heterocycles. The summed E-state index contributed by atoms with van der Waals surface area (Å²) in [4.78, 5) is 0.310. The SMILES string of the molecule is CCc1ccc(S(=O)(=O)NCc2cc(C)n(C)c2C)cc1. The van der Waals surface area contributed by atoms with Gasteiger partial charge in [-0.3, -0.25) is 0 Å². The van der Waals surface area contributed by atoms with Crippen molar-refractivity contribution in [1.82, 2.24) is 9.29 Å². The van der Waals surface area contributed by atoms with E-state index in [4.69, 9.17) is 0 Å². The molecule has 0 radical (unpaired) electrons. The summed E-state index contributed by atoms with van der Waals surface area (Å²) in [5.74, 6) is 0. The summed E-state index contributed by atoms with van der Waals surface area (Å²) in [5.41, 5.74) is 4.33. The molecule has 0 bridgehead atoms. The Morgan fingerprint density at radius 1 is 1.14 bits per heavy atom. The second-order valence-electron chi connectivity index (χ2n) is 5.28. The van der Waals surface area contributed by atoms with Crippen LogP contribution in [-0.4, -0.2) is 13.0 Å². The van der Waals surface area contributed by atoms with Crippen molar-refractivity contribution in [2.75, 3.05) is 0 Å². The van der Waals surface area contributed by atoms with Crippen molar-refractivity contribution in [3.63, 3.8) is 0 Å². The molecule has 0 fully saturated rings. The van der Waals surface area contributed by atoms with Gasteiger partial charge in [0.1, 0.15) is 0 Å². The van der Waals surface area contributed by atoms with Gasteiger partial charge in [0.05, 0.1) is 4.90 Å². The average molecular weight is 306 g/mol. The third-order valence-corrected chi connectivity index (χ3v) is 5.39. The smallest absolute Gasteiger partial charge is 0.240 e. The minimum absolute atomic E-state index is 0.310. The van der Waals surface area contributed by atoms with Gasteiger partial charge >= 0.3 is 0 Å². The molecule has 1 heterocycles. The van der Waals surface area contributed by atoms with Crippen molar-refractivity contribution in [1.29, 1.82) is 0 Å². The molecule has 0 saturated heterocycles. The highest BCUT2D eigenvalue weighted by atomic mass is 32.2. The second kappa shape index (κ2) is 6.03. The lowest BCUT2D eigenvalue weighted by Crippen LogP contribution is -2.23. The molecule has 114 valence electrons. The van der Waals surface area contributed by atoms with E-state index in [1.54, 1.807) is 12.1 Å². The third kappa shape index (κ3) is 3.36. The maximum atomic E-state index is 12.3. The van der Waals surface area contributed by atoms with Gasteiger partial charge in [0.2, 0.25) is 10.0 Å². The number of nitrogens with one attached hydrogen (secondary N) is 1. The summed E-state index contributed by atoms with van der Waals surface area (Å²) < 4.78 is 29.3. The number of hydrogen-bond donors (Lipinski definition) is 1. The van der Waals surface area contributed by atoms with Gasteiger partial charge in [-0.15, -0.1) is 0 Å². The number of benzene rings is 1. The van der Waals surface area contributed by atoms with Crippen molar-refractivity contribution in [2.24, 2.45) is 7.05 Å². The summed E-state index contributed by atoms with van der Waals surface area (Å²) in [6, 6.07) is 9.03. The lowest BCUT2D eigenvalue weighted by atomic mass is 10.2. The van der Waals surface area contributed by atoms with Gasteiger partial charge in [-0.25, -0.2) is 13.1 Å². The molecular weight excluding hydrogens is 284 g/mol.